The molecule has 1 aliphatic rings. The molecule has 1 aromatic rings. The van der Waals surface area contributed by atoms with E-state index in [2.05, 4.69) is 22.5 Å². The Bertz CT molecular complexity index is 486. The summed E-state index contributed by atoms with van der Waals surface area (Å²) in [6.45, 7) is 5.69. The van der Waals surface area contributed by atoms with Gasteiger partial charge in [-0.05, 0) is 25.5 Å². The molecule has 1 aliphatic heterocycles. The SMILES string of the molecule is CCCNc1ccc(C(=O)N2CCNC(=O)C2C)nc1. The van der Waals surface area contributed by atoms with E-state index in [0.29, 0.717) is 18.8 Å². The Morgan fingerprint density at radius 3 is 3.00 bits per heavy atom. The van der Waals surface area contributed by atoms with Crippen molar-refractivity contribution in [1.29, 1.82) is 0 Å². The Hall–Kier alpha value is -2.11. The maximum absolute atomic E-state index is 12.3. The van der Waals surface area contributed by atoms with Crippen molar-refractivity contribution >= 4 is 17.5 Å². The van der Waals surface area contributed by atoms with E-state index in [1.54, 1.807) is 24.1 Å². The van der Waals surface area contributed by atoms with Crippen LogP contribution in [0, 0.1) is 0 Å². The van der Waals surface area contributed by atoms with Crippen LogP contribution in [0.3, 0.4) is 0 Å². The maximum Gasteiger partial charge on any atom is 0.273 e. The molecule has 0 spiro atoms. The first-order chi connectivity index (χ1) is 9.63. The van der Waals surface area contributed by atoms with Crippen molar-refractivity contribution in [1.82, 2.24) is 15.2 Å². The van der Waals surface area contributed by atoms with Crippen LogP contribution in [0.5, 0.6) is 0 Å². The normalized spacial score (nSPS) is 18.6. The number of hydrogen-bond acceptors (Lipinski definition) is 4. The van der Waals surface area contributed by atoms with Crippen LogP contribution in [0.25, 0.3) is 0 Å². The molecule has 6 nitrogen and oxygen atoms in total. The fourth-order valence-corrected chi connectivity index (χ4v) is 2.10. The summed E-state index contributed by atoms with van der Waals surface area (Å²) in [6, 6.07) is 3.08. The summed E-state index contributed by atoms with van der Waals surface area (Å²) in [6.07, 6.45) is 2.68. The first kappa shape index (κ1) is 14.3. The van der Waals surface area contributed by atoms with Gasteiger partial charge in [0, 0.05) is 19.6 Å². The van der Waals surface area contributed by atoms with Crippen molar-refractivity contribution in [3.05, 3.63) is 24.0 Å². The molecule has 1 fully saturated rings. The summed E-state index contributed by atoms with van der Waals surface area (Å²) in [5.74, 6) is -0.319. The number of anilines is 1. The van der Waals surface area contributed by atoms with Gasteiger partial charge in [-0.25, -0.2) is 4.98 Å². The number of hydrogen-bond donors (Lipinski definition) is 2. The predicted molar refractivity (Wildman–Crippen MR) is 76.5 cm³/mol. The molecule has 108 valence electrons. The highest BCUT2D eigenvalue weighted by atomic mass is 16.2. The van der Waals surface area contributed by atoms with Crippen molar-refractivity contribution < 1.29 is 9.59 Å². The Balaban J connectivity index is 2.06. The molecule has 1 aromatic heterocycles. The minimum absolute atomic E-state index is 0.120. The molecule has 6 heteroatoms. The summed E-state index contributed by atoms with van der Waals surface area (Å²) in [4.78, 5) is 29.7. The second-order valence-corrected chi connectivity index (χ2v) is 4.82. The summed E-state index contributed by atoms with van der Waals surface area (Å²) >= 11 is 0. The third-order valence-corrected chi connectivity index (χ3v) is 3.32. The van der Waals surface area contributed by atoms with Crippen LogP contribution in [0.4, 0.5) is 5.69 Å². The standard InChI is InChI=1S/C14H20N4O2/c1-3-6-15-11-4-5-12(17-9-11)14(20)18-8-7-16-13(19)10(18)2/h4-5,9-10,15H,3,6-8H2,1-2H3,(H,16,19). The van der Waals surface area contributed by atoms with Gasteiger partial charge in [0.25, 0.3) is 5.91 Å². The summed E-state index contributed by atoms with van der Waals surface area (Å²) < 4.78 is 0. The lowest BCUT2D eigenvalue weighted by molar-refractivity contribution is -0.127. The highest BCUT2D eigenvalue weighted by Gasteiger charge is 2.30. The Labute approximate surface area is 118 Å². The number of nitrogens with one attached hydrogen (secondary N) is 2. The van der Waals surface area contributed by atoms with Crippen LogP contribution in [-0.4, -0.2) is 47.4 Å². The molecule has 0 bridgehead atoms. The Morgan fingerprint density at radius 1 is 1.55 bits per heavy atom. The molecule has 2 heterocycles. The zero-order valence-electron chi connectivity index (χ0n) is 11.8. The topological polar surface area (TPSA) is 74.3 Å². The van der Waals surface area contributed by atoms with Crippen LogP contribution in [0.2, 0.25) is 0 Å². The third-order valence-electron chi connectivity index (χ3n) is 3.32. The van der Waals surface area contributed by atoms with Gasteiger partial charge in [0.05, 0.1) is 11.9 Å². The molecule has 0 aromatic carbocycles. The molecule has 0 radical (unpaired) electrons. The van der Waals surface area contributed by atoms with Crippen molar-refractivity contribution in [2.24, 2.45) is 0 Å². The van der Waals surface area contributed by atoms with Gasteiger partial charge in [-0.15, -0.1) is 0 Å². The fraction of sp³-hybridized carbons (Fsp3) is 0.500. The molecule has 20 heavy (non-hydrogen) atoms. The molecule has 2 rings (SSSR count). The quantitative estimate of drug-likeness (QED) is 0.855. The second-order valence-electron chi connectivity index (χ2n) is 4.82. The highest BCUT2D eigenvalue weighted by Crippen LogP contribution is 2.12. The van der Waals surface area contributed by atoms with Crippen molar-refractivity contribution in [3.63, 3.8) is 0 Å². The van der Waals surface area contributed by atoms with Gasteiger partial charge in [0.2, 0.25) is 5.91 Å². The van der Waals surface area contributed by atoms with Gasteiger partial charge in [0.15, 0.2) is 0 Å². The van der Waals surface area contributed by atoms with Gasteiger partial charge in [-0.3, -0.25) is 9.59 Å². The van der Waals surface area contributed by atoms with Crippen molar-refractivity contribution in [2.45, 2.75) is 26.3 Å². The maximum atomic E-state index is 12.3. The van der Waals surface area contributed by atoms with Gasteiger partial charge < -0.3 is 15.5 Å². The molecule has 0 saturated carbocycles. The van der Waals surface area contributed by atoms with E-state index >= 15 is 0 Å². The minimum atomic E-state index is -0.448. The zero-order valence-corrected chi connectivity index (χ0v) is 11.8. The first-order valence-corrected chi connectivity index (χ1v) is 6.92. The summed E-state index contributed by atoms with van der Waals surface area (Å²) in [5, 5.41) is 5.94. The number of amides is 2. The molecule has 0 aliphatic carbocycles. The average molecular weight is 276 g/mol. The Kier molecular flexibility index (Phi) is 4.55. The van der Waals surface area contributed by atoms with E-state index < -0.39 is 6.04 Å². The summed E-state index contributed by atoms with van der Waals surface area (Å²) in [7, 11) is 0. The molecular formula is C14H20N4O2. The molecular weight excluding hydrogens is 256 g/mol. The average Bonchev–Trinajstić information content (AvgIpc) is 2.48. The molecule has 2 N–H and O–H groups in total. The number of piperazine rings is 1. The van der Waals surface area contributed by atoms with Gasteiger partial charge in [-0.1, -0.05) is 6.92 Å². The number of nitrogens with zero attached hydrogens (tertiary/aromatic N) is 2. The van der Waals surface area contributed by atoms with E-state index in [9.17, 15) is 9.59 Å². The second kappa shape index (κ2) is 6.36. The lowest BCUT2D eigenvalue weighted by Crippen LogP contribution is -2.55. The van der Waals surface area contributed by atoms with Crippen LogP contribution in [-0.2, 0) is 4.79 Å². The molecule has 1 saturated heterocycles. The molecule has 1 atom stereocenters. The van der Waals surface area contributed by atoms with Gasteiger partial charge in [0.1, 0.15) is 11.7 Å². The lowest BCUT2D eigenvalue weighted by atomic mass is 10.2. The number of pyridine rings is 1. The third kappa shape index (κ3) is 3.07. The molecule has 1 unspecified atom stereocenters. The van der Waals surface area contributed by atoms with Crippen molar-refractivity contribution in [3.8, 4) is 0 Å². The number of carbonyl (C=O) groups excluding carboxylic acids is 2. The number of rotatable bonds is 4. The summed E-state index contributed by atoms with van der Waals surface area (Å²) in [5.41, 5.74) is 1.27. The van der Waals surface area contributed by atoms with E-state index in [4.69, 9.17) is 0 Å². The Morgan fingerprint density at radius 2 is 2.35 bits per heavy atom. The first-order valence-electron chi connectivity index (χ1n) is 6.92. The van der Waals surface area contributed by atoms with Crippen LogP contribution < -0.4 is 10.6 Å². The predicted octanol–water partition coefficient (Wildman–Crippen LogP) is 0.864. The zero-order chi connectivity index (χ0) is 14.5. The van der Waals surface area contributed by atoms with Crippen LogP contribution in [0.1, 0.15) is 30.8 Å². The number of aromatic nitrogens is 1. The molecule has 2 amide bonds. The van der Waals surface area contributed by atoms with E-state index in [1.807, 2.05) is 6.07 Å². The van der Waals surface area contributed by atoms with Crippen LogP contribution in [0.15, 0.2) is 18.3 Å². The van der Waals surface area contributed by atoms with E-state index in [-0.39, 0.29) is 11.8 Å². The monoisotopic (exact) mass is 276 g/mol. The smallest absolute Gasteiger partial charge is 0.273 e. The fourth-order valence-electron chi connectivity index (χ4n) is 2.10. The van der Waals surface area contributed by atoms with Crippen molar-refractivity contribution in [2.75, 3.05) is 25.0 Å². The van der Waals surface area contributed by atoms with Gasteiger partial charge in [-0.2, -0.15) is 0 Å². The van der Waals surface area contributed by atoms with Gasteiger partial charge >= 0.3 is 0 Å². The lowest BCUT2D eigenvalue weighted by Gasteiger charge is -2.32. The minimum Gasteiger partial charge on any atom is -0.384 e. The van der Waals surface area contributed by atoms with E-state index in [0.717, 1.165) is 18.7 Å². The van der Waals surface area contributed by atoms with Crippen LogP contribution >= 0.6 is 0 Å². The van der Waals surface area contributed by atoms with E-state index in [1.165, 1.54) is 0 Å². The highest BCUT2D eigenvalue weighted by molar-refractivity contribution is 5.96. The largest absolute Gasteiger partial charge is 0.384 e. The number of carbonyl (C=O) groups is 2.